The highest BCUT2D eigenvalue weighted by Crippen LogP contribution is 2.39. The molecule has 2 heterocycles. The van der Waals surface area contributed by atoms with Crippen molar-refractivity contribution in [2.75, 3.05) is 13.3 Å². The van der Waals surface area contributed by atoms with Gasteiger partial charge in [0.2, 0.25) is 6.79 Å². The molecule has 7 heteroatoms. The lowest BCUT2D eigenvalue weighted by molar-refractivity contribution is 0.173. The topological polar surface area (TPSA) is 61.2 Å². The fraction of sp³-hybridized carbons (Fsp3) is 0.333. The Labute approximate surface area is 118 Å². The lowest BCUT2D eigenvalue weighted by atomic mass is 10.2. The van der Waals surface area contributed by atoms with Crippen molar-refractivity contribution in [2.24, 2.45) is 0 Å². The molecule has 0 amide bonds. The van der Waals surface area contributed by atoms with Crippen LogP contribution < -0.4 is 14.8 Å². The smallest absolute Gasteiger partial charge is 0.231 e. The Bertz CT molecular complexity index is 559. The number of rotatable bonds is 5. The van der Waals surface area contributed by atoms with Gasteiger partial charge in [0.1, 0.15) is 0 Å². The number of fused-ring (bicyclic) bond motifs is 1. The lowest BCUT2D eigenvalue weighted by Gasteiger charge is -2.07. The zero-order valence-electron chi connectivity index (χ0n) is 10.2. The largest absolute Gasteiger partial charge is 0.454 e. The third-order valence-corrected chi connectivity index (χ3v) is 3.39. The standard InChI is InChI=1S/C12H13BrN4O2/c13-10-5-9(6-11-12(10)19-8-18-11)7-14-1-3-17-4-2-15-16-17/h2,4-6,14H,1,3,7-8H2. The van der Waals surface area contributed by atoms with Crippen molar-refractivity contribution < 1.29 is 9.47 Å². The van der Waals surface area contributed by atoms with Gasteiger partial charge in [-0.2, -0.15) is 0 Å². The van der Waals surface area contributed by atoms with Gasteiger partial charge in [-0.1, -0.05) is 5.21 Å². The maximum absolute atomic E-state index is 5.38. The fourth-order valence-corrected chi connectivity index (χ4v) is 2.51. The second-order valence-corrected chi connectivity index (χ2v) is 5.01. The number of aromatic nitrogens is 3. The van der Waals surface area contributed by atoms with Gasteiger partial charge in [-0.25, -0.2) is 0 Å². The summed E-state index contributed by atoms with van der Waals surface area (Å²) in [6, 6.07) is 4.03. The van der Waals surface area contributed by atoms with E-state index in [0.29, 0.717) is 0 Å². The molecular formula is C12H13BrN4O2. The number of ether oxygens (including phenoxy) is 2. The first kappa shape index (κ1) is 12.4. The monoisotopic (exact) mass is 324 g/mol. The Morgan fingerprint density at radius 2 is 2.32 bits per heavy atom. The quantitative estimate of drug-likeness (QED) is 0.846. The van der Waals surface area contributed by atoms with Crippen LogP contribution in [0.15, 0.2) is 29.0 Å². The zero-order valence-corrected chi connectivity index (χ0v) is 11.8. The van der Waals surface area contributed by atoms with Crippen LogP contribution in [0.25, 0.3) is 0 Å². The van der Waals surface area contributed by atoms with Gasteiger partial charge in [-0.05, 0) is 33.6 Å². The molecule has 0 fully saturated rings. The van der Waals surface area contributed by atoms with Gasteiger partial charge < -0.3 is 14.8 Å². The van der Waals surface area contributed by atoms with E-state index in [2.05, 4.69) is 31.6 Å². The number of halogens is 1. The minimum atomic E-state index is 0.289. The number of benzene rings is 1. The lowest BCUT2D eigenvalue weighted by Crippen LogP contribution is -2.19. The highest BCUT2D eigenvalue weighted by atomic mass is 79.9. The van der Waals surface area contributed by atoms with Gasteiger partial charge in [0.25, 0.3) is 0 Å². The summed E-state index contributed by atoms with van der Waals surface area (Å²) < 4.78 is 13.5. The summed E-state index contributed by atoms with van der Waals surface area (Å²) in [4.78, 5) is 0. The molecule has 0 bridgehead atoms. The summed E-state index contributed by atoms with van der Waals surface area (Å²) in [5.74, 6) is 1.58. The van der Waals surface area contributed by atoms with Gasteiger partial charge >= 0.3 is 0 Å². The van der Waals surface area contributed by atoms with Crippen molar-refractivity contribution in [3.8, 4) is 11.5 Å². The Hall–Kier alpha value is -1.60. The van der Waals surface area contributed by atoms with E-state index >= 15 is 0 Å². The van der Waals surface area contributed by atoms with Gasteiger partial charge in [0.15, 0.2) is 11.5 Å². The van der Waals surface area contributed by atoms with Gasteiger partial charge in [0.05, 0.1) is 17.2 Å². The van der Waals surface area contributed by atoms with Crippen LogP contribution in [-0.2, 0) is 13.1 Å². The molecule has 1 aromatic carbocycles. The van der Waals surface area contributed by atoms with Crippen LogP contribution in [-0.4, -0.2) is 28.3 Å². The molecule has 100 valence electrons. The predicted molar refractivity (Wildman–Crippen MR) is 72.0 cm³/mol. The molecule has 1 aliphatic heterocycles. The molecule has 1 aromatic heterocycles. The molecule has 0 aliphatic carbocycles. The Balaban J connectivity index is 1.54. The molecule has 0 saturated heterocycles. The van der Waals surface area contributed by atoms with E-state index in [1.54, 1.807) is 10.9 Å². The van der Waals surface area contributed by atoms with E-state index in [-0.39, 0.29) is 6.79 Å². The average Bonchev–Trinajstić information content (AvgIpc) is 3.05. The number of nitrogens with one attached hydrogen (secondary N) is 1. The molecule has 0 unspecified atom stereocenters. The van der Waals surface area contributed by atoms with Crippen molar-refractivity contribution in [2.45, 2.75) is 13.1 Å². The average molecular weight is 325 g/mol. The van der Waals surface area contributed by atoms with E-state index in [4.69, 9.17) is 9.47 Å². The first-order valence-corrected chi connectivity index (χ1v) is 6.75. The second-order valence-electron chi connectivity index (χ2n) is 4.15. The van der Waals surface area contributed by atoms with E-state index < -0.39 is 0 Å². The van der Waals surface area contributed by atoms with Crippen LogP contribution in [0.2, 0.25) is 0 Å². The van der Waals surface area contributed by atoms with Crippen LogP contribution in [0, 0.1) is 0 Å². The maximum Gasteiger partial charge on any atom is 0.231 e. The van der Waals surface area contributed by atoms with Gasteiger partial charge in [-0.15, -0.1) is 5.10 Å². The molecule has 6 nitrogen and oxygen atoms in total. The van der Waals surface area contributed by atoms with Crippen LogP contribution >= 0.6 is 15.9 Å². The molecule has 0 radical (unpaired) electrons. The Morgan fingerprint density at radius 3 is 3.16 bits per heavy atom. The third kappa shape index (κ3) is 2.87. The molecule has 1 N–H and O–H groups in total. The first-order valence-electron chi connectivity index (χ1n) is 5.96. The fourth-order valence-electron chi connectivity index (χ4n) is 1.90. The minimum Gasteiger partial charge on any atom is -0.454 e. The van der Waals surface area contributed by atoms with Crippen molar-refractivity contribution in [1.82, 2.24) is 20.3 Å². The van der Waals surface area contributed by atoms with Crippen molar-refractivity contribution in [3.05, 3.63) is 34.6 Å². The van der Waals surface area contributed by atoms with Crippen molar-refractivity contribution in [1.29, 1.82) is 0 Å². The number of hydrogen-bond donors (Lipinski definition) is 1. The molecule has 0 spiro atoms. The van der Waals surface area contributed by atoms with Crippen LogP contribution in [0.5, 0.6) is 11.5 Å². The molecule has 2 aromatic rings. The maximum atomic E-state index is 5.38. The Kier molecular flexibility index (Phi) is 3.65. The second kappa shape index (κ2) is 5.58. The summed E-state index contributed by atoms with van der Waals surface area (Å²) in [5.41, 5.74) is 1.15. The highest BCUT2D eigenvalue weighted by Gasteiger charge is 2.17. The van der Waals surface area contributed by atoms with E-state index in [0.717, 1.165) is 41.2 Å². The highest BCUT2D eigenvalue weighted by molar-refractivity contribution is 9.10. The SMILES string of the molecule is Brc1cc(CNCCn2ccnn2)cc2c1OCO2. The number of nitrogens with zero attached hydrogens (tertiary/aromatic N) is 3. The molecule has 3 rings (SSSR count). The van der Waals surface area contributed by atoms with E-state index in [1.807, 2.05) is 18.3 Å². The predicted octanol–water partition coefficient (Wildman–Crippen LogP) is 1.56. The van der Waals surface area contributed by atoms with Gasteiger partial charge in [-0.3, -0.25) is 4.68 Å². The van der Waals surface area contributed by atoms with E-state index in [9.17, 15) is 0 Å². The Morgan fingerprint density at radius 1 is 1.37 bits per heavy atom. The molecule has 0 saturated carbocycles. The normalized spacial score (nSPS) is 12.9. The summed E-state index contributed by atoms with van der Waals surface area (Å²) in [7, 11) is 0. The molecule has 19 heavy (non-hydrogen) atoms. The third-order valence-electron chi connectivity index (χ3n) is 2.81. The summed E-state index contributed by atoms with van der Waals surface area (Å²) >= 11 is 3.48. The van der Waals surface area contributed by atoms with Crippen LogP contribution in [0.1, 0.15) is 5.56 Å². The first-order chi connectivity index (χ1) is 9.33. The summed E-state index contributed by atoms with van der Waals surface area (Å²) in [6.45, 7) is 2.68. The minimum absolute atomic E-state index is 0.289. The van der Waals surface area contributed by atoms with Gasteiger partial charge in [0, 0.05) is 19.3 Å². The number of hydrogen-bond acceptors (Lipinski definition) is 5. The summed E-state index contributed by atoms with van der Waals surface area (Å²) in [5, 5.41) is 11.0. The zero-order chi connectivity index (χ0) is 13.1. The van der Waals surface area contributed by atoms with Crippen LogP contribution in [0.3, 0.4) is 0 Å². The summed E-state index contributed by atoms with van der Waals surface area (Å²) in [6.07, 6.45) is 3.52. The van der Waals surface area contributed by atoms with Crippen LogP contribution in [0.4, 0.5) is 0 Å². The van der Waals surface area contributed by atoms with Crippen molar-refractivity contribution in [3.63, 3.8) is 0 Å². The van der Waals surface area contributed by atoms with E-state index in [1.165, 1.54) is 0 Å². The van der Waals surface area contributed by atoms with Crippen molar-refractivity contribution >= 4 is 15.9 Å². The molecular weight excluding hydrogens is 312 g/mol. The molecule has 0 atom stereocenters. The molecule has 1 aliphatic rings.